The first-order valence-electron chi connectivity index (χ1n) is 6.42. The number of sulfonamides is 1. The average molecular weight is 325 g/mol. The second-order valence-electron chi connectivity index (χ2n) is 4.87. The number of nitrogens with two attached hydrogens (primary N) is 1. The average Bonchev–Trinajstić information content (AvgIpc) is 2.43. The first-order chi connectivity index (χ1) is 9.83. The van der Waals surface area contributed by atoms with Crippen LogP contribution in [0.1, 0.15) is 16.7 Å². The minimum Gasteiger partial charge on any atom is -0.326 e. The normalized spacial score (nSPS) is 11.4. The maximum atomic E-state index is 12.6. The van der Waals surface area contributed by atoms with Crippen molar-refractivity contribution in [1.82, 2.24) is 0 Å². The van der Waals surface area contributed by atoms with Crippen LogP contribution in [0.15, 0.2) is 41.3 Å². The van der Waals surface area contributed by atoms with Crippen LogP contribution in [0.4, 0.5) is 5.69 Å². The van der Waals surface area contributed by atoms with E-state index < -0.39 is 10.0 Å². The Balaban J connectivity index is 2.45. The summed E-state index contributed by atoms with van der Waals surface area (Å²) in [4.78, 5) is 0.227. The molecular weight excluding hydrogens is 308 g/mol. The number of hydrogen-bond donors (Lipinski definition) is 2. The lowest BCUT2D eigenvalue weighted by Crippen LogP contribution is -2.15. The van der Waals surface area contributed by atoms with Crippen LogP contribution in [-0.4, -0.2) is 8.42 Å². The quantitative estimate of drug-likeness (QED) is 0.907. The van der Waals surface area contributed by atoms with Gasteiger partial charge in [0.2, 0.25) is 0 Å². The fourth-order valence-corrected chi connectivity index (χ4v) is 3.55. The van der Waals surface area contributed by atoms with E-state index in [2.05, 4.69) is 4.72 Å². The van der Waals surface area contributed by atoms with Crippen LogP contribution in [0.25, 0.3) is 0 Å². The Kier molecular flexibility index (Phi) is 4.56. The molecule has 0 fully saturated rings. The third-order valence-corrected chi connectivity index (χ3v) is 4.96. The van der Waals surface area contributed by atoms with E-state index in [1.807, 2.05) is 13.0 Å². The van der Waals surface area contributed by atoms with Gasteiger partial charge >= 0.3 is 0 Å². The molecule has 0 saturated heterocycles. The molecule has 21 heavy (non-hydrogen) atoms. The van der Waals surface area contributed by atoms with Gasteiger partial charge in [0.05, 0.1) is 10.6 Å². The van der Waals surface area contributed by atoms with Crippen molar-refractivity contribution < 1.29 is 8.42 Å². The lowest BCUT2D eigenvalue weighted by atomic mass is 10.1. The molecule has 0 aliphatic carbocycles. The zero-order valence-electron chi connectivity index (χ0n) is 11.9. The smallest absolute Gasteiger partial charge is 0.262 e. The molecule has 2 rings (SSSR count). The summed E-state index contributed by atoms with van der Waals surface area (Å²) in [7, 11) is -3.68. The molecule has 0 amide bonds. The van der Waals surface area contributed by atoms with Crippen molar-refractivity contribution in [2.75, 3.05) is 4.72 Å². The molecule has 2 aromatic rings. The highest BCUT2D eigenvalue weighted by Crippen LogP contribution is 2.25. The molecule has 0 radical (unpaired) electrons. The Hall–Kier alpha value is -1.56. The van der Waals surface area contributed by atoms with Crippen molar-refractivity contribution in [1.29, 1.82) is 0 Å². The van der Waals surface area contributed by atoms with E-state index in [1.165, 1.54) is 0 Å². The Morgan fingerprint density at radius 2 is 1.76 bits per heavy atom. The molecule has 0 aliphatic heterocycles. The van der Waals surface area contributed by atoms with Gasteiger partial charge in [-0.3, -0.25) is 4.72 Å². The highest BCUT2D eigenvalue weighted by Gasteiger charge is 2.18. The van der Waals surface area contributed by atoms with Gasteiger partial charge in [-0.15, -0.1) is 0 Å². The standard InChI is InChI=1S/C15H17ClN2O2S/c1-10-4-6-13(16)8-14(10)18-21(19,20)15-7-12(9-17)5-3-11(15)2/h3-8,18H,9,17H2,1-2H3. The predicted molar refractivity (Wildman–Crippen MR) is 86.1 cm³/mol. The van der Waals surface area contributed by atoms with Gasteiger partial charge in [0.1, 0.15) is 0 Å². The molecule has 6 heteroatoms. The Labute approximate surface area is 130 Å². The van der Waals surface area contributed by atoms with Gasteiger partial charge in [-0.25, -0.2) is 8.42 Å². The van der Waals surface area contributed by atoms with Gasteiger partial charge in [0.25, 0.3) is 10.0 Å². The van der Waals surface area contributed by atoms with Crippen LogP contribution in [-0.2, 0) is 16.6 Å². The second kappa shape index (κ2) is 6.05. The van der Waals surface area contributed by atoms with Gasteiger partial charge in [0.15, 0.2) is 0 Å². The summed E-state index contributed by atoms with van der Waals surface area (Å²) in [5.74, 6) is 0. The maximum absolute atomic E-state index is 12.6. The molecule has 0 saturated carbocycles. The second-order valence-corrected chi connectivity index (χ2v) is 6.96. The molecule has 4 nitrogen and oxygen atoms in total. The van der Waals surface area contributed by atoms with Gasteiger partial charge in [-0.1, -0.05) is 29.8 Å². The van der Waals surface area contributed by atoms with Gasteiger partial charge in [0, 0.05) is 11.6 Å². The third kappa shape index (κ3) is 3.56. The van der Waals surface area contributed by atoms with Crippen LogP contribution in [0.5, 0.6) is 0 Å². The Morgan fingerprint density at radius 1 is 1.10 bits per heavy atom. The molecule has 112 valence electrons. The monoisotopic (exact) mass is 324 g/mol. The van der Waals surface area contributed by atoms with Crippen molar-refractivity contribution >= 4 is 27.3 Å². The summed E-state index contributed by atoms with van der Waals surface area (Å²) in [6, 6.07) is 10.2. The summed E-state index contributed by atoms with van der Waals surface area (Å²) in [5.41, 5.74) is 8.28. The number of benzene rings is 2. The van der Waals surface area contributed by atoms with Crippen molar-refractivity contribution in [3.8, 4) is 0 Å². The molecule has 0 bridgehead atoms. The maximum Gasteiger partial charge on any atom is 0.262 e. The van der Waals surface area contributed by atoms with Crippen LogP contribution in [0.2, 0.25) is 5.02 Å². The zero-order valence-corrected chi connectivity index (χ0v) is 13.4. The summed E-state index contributed by atoms with van der Waals surface area (Å²) < 4.78 is 27.7. The van der Waals surface area contributed by atoms with Crippen LogP contribution in [0, 0.1) is 13.8 Å². The van der Waals surface area contributed by atoms with Crippen molar-refractivity contribution in [3.63, 3.8) is 0 Å². The SMILES string of the molecule is Cc1ccc(Cl)cc1NS(=O)(=O)c1cc(CN)ccc1C. The molecule has 0 aliphatic rings. The number of aryl methyl sites for hydroxylation is 2. The number of rotatable bonds is 4. The van der Waals surface area contributed by atoms with E-state index in [0.717, 1.165) is 11.1 Å². The minimum absolute atomic E-state index is 0.227. The first kappa shape index (κ1) is 15.8. The fourth-order valence-electron chi connectivity index (χ4n) is 1.96. The fraction of sp³-hybridized carbons (Fsp3) is 0.200. The third-order valence-electron chi connectivity index (χ3n) is 3.22. The lowest BCUT2D eigenvalue weighted by Gasteiger charge is -2.13. The predicted octanol–water partition coefficient (Wildman–Crippen LogP) is 3.22. The first-order valence-corrected chi connectivity index (χ1v) is 8.28. The molecule has 0 spiro atoms. The number of nitrogens with one attached hydrogen (secondary N) is 1. The topological polar surface area (TPSA) is 72.2 Å². The largest absolute Gasteiger partial charge is 0.326 e. The molecule has 0 unspecified atom stereocenters. The summed E-state index contributed by atoms with van der Waals surface area (Å²) in [5, 5.41) is 0.478. The summed E-state index contributed by atoms with van der Waals surface area (Å²) in [6.45, 7) is 3.86. The van der Waals surface area contributed by atoms with E-state index in [4.69, 9.17) is 17.3 Å². The van der Waals surface area contributed by atoms with E-state index in [9.17, 15) is 8.42 Å². The van der Waals surface area contributed by atoms with E-state index in [1.54, 1.807) is 37.3 Å². The van der Waals surface area contributed by atoms with Crippen LogP contribution in [0.3, 0.4) is 0 Å². The lowest BCUT2D eigenvalue weighted by molar-refractivity contribution is 0.600. The molecule has 3 N–H and O–H groups in total. The molecule has 0 aromatic heterocycles. The number of anilines is 1. The number of hydrogen-bond acceptors (Lipinski definition) is 3. The van der Waals surface area contributed by atoms with E-state index in [-0.39, 0.29) is 4.90 Å². The van der Waals surface area contributed by atoms with Crippen molar-refractivity contribution in [2.24, 2.45) is 5.73 Å². The Morgan fingerprint density at radius 3 is 2.43 bits per heavy atom. The van der Waals surface area contributed by atoms with Gasteiger partial charge in [-0.05, 0) is 48.7 Å². The van der Waals surface area contributed by atoms with Crippen LogP contribution < -0.4 is 10.5 Å². The molecule has 0 atom stereocenters. The summed E-state index contributed by atoms with van der Waals surface area (Å²) in [6.07, 6.45) is 0. The van der Waals surface area contributed by atoms with Gasteiger partial charge < -0.3 is 5.73 Å². The minimum atomic E-state index is -3.68. The zero-order chi connectivity index (χ0) is 15.6. The van der Waals surface area contributed by atoms with E-state index >= 15 is 0 Å². The van der Waals surface area contributed by atoms with Crippen molar-refractivity contribution in [2.45, 2.75) is 25.3 Å². The van der Waals surface area contributed by atoms with Crippen LogP contribution >= 0.6 is 11.6 Å². The highest BCUT2D eigenvalue weighted by molar-refractivity contribution is 7.92. The Bertz CT molecular complexity index is 773. The summed E-state index contributed by atoms with van der Waals surface area (Å²) >= 11 is 5.92. The van der Waals surface area contributed by atoms with Crippen molar-refractivity contribution in [3.05, 3.63) is 58.1 Å². The molecule has 2 aromatic carbocycles. The van der Waals surface area contributed by atoms with Gasteiger partial charge in [-0.2, -0.15) is 0 Å². The van der Waals surface area contributed by atoms with E-state index in [0.29, 0.717) is 22.8 Å². The molecule has 0 heterocycles. The highest BCUT2D eigenvalue weighted by atomic mass is 35.5. The number of halogens is 1. The molecular formula is C15H17ClN2O2S.